The second kappa shape index (κ2) is 10.4. The third-order valence-corrected chi connectivity index (χ3v) is 7.70. The third-order valence-electron chi connectivity index (χ3n) is 5.31. The largest absolute Gasteiger partial charge is 0.416 e. The number of thiazole rings is 1. The van der Waals surface area contributed by atoms with Gasteiger partial charge >= 0.3 is 6.18 Å². The van der Waals surface area contributed by atoms with Crippen molar-refractivity contribution in [3.63, 3.8) is 0 Å². The number of benzene rings is 2. The van der Waals surface area contributed by atoms with Gasteiger partial charge in [0.15, 0.2) is 0 Å². The van der Waals surface area contributed by atoms with E-state index in [1.807, 2.05) is 34.5 Å². The monoisotopic (exact) mass is 511 g/mol. The number of carbonyl (C=O) groups is 1. The van der Waals surface area contributed by atoms with E-state index in [0.29, 0.717) is 36.9 Å². The third kappa shape index (κ3) is 6.43. The molecule has 2 heterocycles. The number of thioether (sulfide) groups is 1. The molecule has 1 amide bonds. The molecule has 0 aliphatic carbocycles. The highest BCUT2D eigenvalue weighted by atomic mass is 35.5. The number of hydrogen-bond acceptors (Lipinski definition) is 5. The van der Waals surface area contributed by atoms with E-state index >= 15 is 0 Å². The molecule has 10 heteroatoms. The Kier molecular flexibility index (Phi) is 7.51. The van der Waals surface area contributed by atoms with E-state index in [9.17, 15) is 18.0 Å². The summed E-state index contributed by atoms with van der Waals surface area (Å²) in [6, 6.07) is 13.0. The van der Waals surface area contributed by atoms with Crippen LogP contribution in [0.2, 0.25) is 5.02 Å². The van der Waals surface area contributed by atoms with Crippen LogP contribution in [0.4, 0.5) is 18.9 Å². The normalized spacial score (nSPS) is 14.5. The van der Waals surface area contributed by atoms with Crippen molar-refractivity contribution in [1.82, 2.24) is 9.88 Å². The first-order valence-corrected chi connectivity index (χ1v) is 12.5. The zero-order chi connectivity index (χ0) is 23.4. The molecule has 1 fully saturated rings. The van der Waals surface area contributed by atoms with Crippen LogP contribution in [0.15, 0.2) is 58.3 Å². The highest BCUT2D eigenvalue weighted by Gasteiger charge is 2.31. The molecule has 0 N–H and O–H groups in total. The number of piperazine rings is 1. The van der Waals surface area contributed by atoms with E-state index in [0.717, 1.165) is 33.5 Å². The molecule has 1 aromatic heterocycles. The van der Waals surface area contributed by atoms with Crippen LogP contribution in [0, 0.1) is 0 Å². The molecule has 0 unspecified atom stereocenters. The SMILES string of the molecule is O=C(Cc1csc(SCc2ccc(Cl)cc2)n1)N1CCN(c2cccc(C(F)(F)F)c2)CC1. The fourth-order valence-electron chi connectivity index (χ4n) is 3.52. The fourth-order valence-corrected chi connectivity index (χ4v) is 5.45. The summed E-state index contributed by atoms with van der Waals surface area (Å²) in [7, 11) is 0. The predicted molar refractivity (Wildman–Crippen MR) is 127 cm³/mol. The molecular weight excluding hydrogens is 491 g/mol. The van der Waals surface area contributed by atoms with Crippen LogP contribution in [-0.2, 0) is 23.1 Å². The van der Waals surface area contributed by atoms with Gasteiger partial charge in [0.1, 0.15) is 4.34 Å². The number of amides is 1. The van der Waals surface area contributed by atoms with Crippen molar-refractivity contribution < 1.29 is 18.0 Å². The standard InChI is InChI=1S/C23H21ClF3N3OS2/c24-18-6-4-16(5-7-18)14-32-22-28-19(15-33-22)13-21(31)30-10-8-29(9-11-30)20-3-1-2-17(12-20)23(25,26)27/h1-7,12,15H,8-11,13-14H2. The lowest BCUT2D eigenvalue weighted by atomic mass is 10.1. The number of hydrogen-bond donors (Lipinski definition) is 0. The maximum absolute atomic E-state index is 13.0. The van der Waals surface area contributed by atoms with Crippen LogP contribution in [0.5, 0.6) is 0 Å². The minimum absolute atomic E-state index is 0.0155. The maximum atomic E-state index is 13.0. The summed E-state index contributed by atoms with van der Waals surface area (Å²) >= 11 is 9.04. The zero-order valence-electron chi connectivity index (χ0n) is 17.5. The molecule has 0 bridgehead atoms. The summed E-state index contributed by atoms with van der Waals surface area (Å²) in [5.74, 6) is 0.758. The highest BCUT2D eigenvalue weighted by Crippen LogP contribution is 2.32. The van der Waals surface area contributed by atoms with Crippen molar-refractivity contribution in [2.45, 2.75) is 22.7 Å². The molecule has 1 saturated heterocycles. The van der Waals surface area contributed by atoms with Crippen LogP contribution in [0.25, 0.3) is 0 Å². The summed E-state index contributed by atoms with van der Waals surface area (Å²) in [5, 5.41) is 2.61. The van der Waals surface area contributed by atoms with Gasteiger partial charge in [-0.3, -0.25) is 4.79 Å². The van der Waals surface area contributed by atoms with Crippen molar-refractivity contribution in [3.05, 3.63) is 75.8 Å². The average molecular weight is 512 g/mol. The molecule has 1 aliphatic heterocycles. The molecule has 4 nitrogen and oxygen atoms in total. The van der Waals surface area contributed by atoms with Gasteiger partial charge in [-0.1, -0.05) is 41.6 Å². The number of nitrogens with zero attached hydrogens (tertiary/aromatic N) is 3. The van der Waals surface area contributed by atoms with Gasteiger partial charge in [-0.15, -0.1) is 11.3 Å². The quantitative estimate of drug-likeness (QED) is 0.380. The topological polar surface area (TPSA) is 36.4 Å². The first-order valence-electron chi connectivity index (χ1n) is 10.3. The first kappa shape index (κ1) is 23.9. The summed E-state index contributed by atoms with van der Waals surface area (Å²) in [5.41, 5.74) is 1.75. The molecule has 0 atom stereocenters. The van der Waals surface area contributed by atoms with E-state index in [1.165, 1.54) is 17.4 Å². The van der Waals surface area contributed by atoms with Gasteiger partial charge in [0.2, 0.25) is 5.91 Å². The van der Waals surface area contributed by atoms with E-state index in [1.54, 1.807) is 22.7 Å². The van der Waals surface area contributed by atoms with Gasteiger partial charge < -0.3 is 9.80 Å². The van der Waals surface area contributed by atoms with Gasteiger partial charge in [-0.05, 0) is 35.9 Å². The summed E-state index contributed by atoms with van der Waals surface area (Å²) in [6.45, 7) is 1.92. The molecular formula is C23H21ClF3N3OS2. The summed E-state index contributed by atoms with van der Waals surface area (Å²) in [6.07, 6.45) is -4.14. The van der Waals surface area contributed by atoms with Crippen molar-refractivity contribution in [1.29, 1.82) is 0 Å². The summed E-state index contributed by atoms with van der Waals surface area (Å²) in [4.78, 5) is 20.9. The Bertz CT molecular complexity index is 1100. The predicted octanol–water partition coefficient (Wildman–Crippen LogP) is 6.00. The van der Waals surface area contributed by atoms with Crippen molar-refractivity contribution in [3.8, 4) is 0 Å². The lowest BCUT2D eigenvalue weighted by Crippen LogP contribution is -2.49. The molecule has 3 aromatic rings. The number of anilines is 1. The van der Waals surface area contributed by atoms with Gasteiger partial charge in [0, 0.05) is 48.0 Å². The number of rotatable bonds is 6. The fraction of sp³-hybridized carbons (Fsp3) is 0.304. The Labute approximate surface area is 203 Å². The van der Waals surface area contributed by atoms with Crippen LogP contribution in [0.3, 0.4) is 0 Å². The molecule has 33 heavy (non-hydrogen) atoms. The van der Waals surface area contributed by atoms with Crippen LogP contribution >= 0.6 is 34.7 Å². The Morgan fingerprint density at radius 2 is 1.82 bits per heavy atom. The van der Waals surface area contributed by atoms with Crippen molar-refractivity contribution >= 4 is 46.3 Å². The van der Waals surface area contributed by atoms with Gasteiger partial charge in [0.25, 0.3) is 0 Å². The average Bonchev–Trinajstić information content (AvgIpc) is 3.25. The maximum Gasteiger partial charge on any atom is 0.416 e. The minimum atomic E-state index is -4.37. The van der Waals surface area contributed by atoms with Gasteiger partial charge in [0.05, 0.1) is 17.7 Å². The Hall–Kier alpha value is -2.23. The van der Waals surface area contributed by atoms with Crippen molar-refractivity contribution in [2.75, 3.05) is 31.1 Å². The molecule has 4 rings (SSSR count). The zero-order valence-corrected chi connectivity index (χ0v) is 19.9. The molecule has 0 saturated carbocycles. The second-order valence-corrected chi connectivity index (χ2v) is 10.1. The Balaban J connectivity index is 1.27. The lowest BCUT2D eigenvalue weighted by Gasteiger charge is -2.36. The number of alkyl halides is 3. The molecule has 2 aromatic carbocycles. The van der Waals surface area contributed by atoms with Crippen LogP contribution in [0.1, 0.15) is 16.8 Å². The van der Waals surface area contributed by atoms with Crippen LogP contribution in [-0.4, -0.2) is 42.0 Å². The van der Waals surface area contributed by atoms with Gasteiger partial charge in [-0.25, -0.2) is 4.98 Å². The van der Waals surface area contributed by atoms with Crippen LogP contribution < -0.4 is 4.90 Å². The van der Waals surface area contributed by atoms with E-state index in [4.69, 9.17) is 11.6 Å². The molecule has 0 radical (unpaired) electrons. The number of aromatic nitrogens is 1. The van der Waals surface area contributed by atoms with Gasteiger partial charge in [-0.2, -0.15) is 13.2 Å². The first-order chi connectivity index (χ1) is 15.8. The van der Waals surface area contributed by atoms with Crippen molar-refractivity contribution in [2.24, 2.45) is 0 Å². The smallest absolute Gasteiger partial charge is 0.368 e. The molecule has 0 spiro atoms. The Morgan fingerprint density at radius 1 is 1.09 bits per heavy atom. The second-order valence-electron chi connectivity index (χ2n) is 7.61. The molecule has 174 valence electrons. The number of carbonyl (C=O) groups excluding carboxylic acids is 1. The highest BCUT2D eigenvalue weighted by molar-refractivity contribution is 8.00. The lowest BCUT2D eigenvalue weighted by molar-refractivity contribution is -0.137. The number of halogens is 4. The van der Waals surface area contributed by atoms with E-state index < -0.39 is 11.7 Å². The molecule has 1 aliphatic rings. The van der Waals surface area contributed by atoms with E-state index in [-0.39, 0.29) is 12.3 Å². The van der Waals surface area contributed by atoms with E-state index in [2.05, 4.69) is 4.98 Å². The summed E-state index contributed by atoms with van der Waals surface area (Å²) < 4.78 is 39.8. The Morgan fingerprint density at radius 3 is 2.52 bits per heavy atom. The minimum Gasteiger partial charge on any atom is -0.368 e.